The predicted octanol–water partition coefficient (Wildman–Crippen LogP) is 15.8. The molecule has 57 heavy (non-hydrogen) atoms. The molecule has 0 aromatic heterocycles. The first-order valence-corrected chi connectivity index (χ1v) is 19.6. The van der Waals surface area contributed by atoms with Crippen LogP contribution in [-0.4, -0.2) is 0 Å². The minimum Gasteiger partial charge on any atom is -0.309 e. The molecule has 0 aliphatic rings. The highest BCUT2D eigenvalue weighted by Gasteiger charge is 2.24. The third-order valence-electron chi connectivity index (χ3n) is 11.1. The summed E-state index contributed by atoms with van der Waals surface area (Å²) in [6, 6.07) is 85.8. The van der Waals surface area contributed by atoms with Gasteiger partial charge in [-0.25, -0.2) is 0 Å². The number of hydrogen-bond acceptors (Lipinski definition) is 1. The van der Waals surface area contributed by atoms with E-state index in [9.17, 15) is 0 Å². The molecule has 0 fully saturated rings. The van der Waals surface area contributed by atoms with Crippen molar-refractivity contribution < 1.29 is 0 Å². The minimum atomic E-state index is 1.09. The largest absolute Gasteiger partial charge is 0.309 e. The summed E-state index contributed by atoms with van der Waals surface area (Å²) in [5.41, 5.74) is 15.2. The van der Waals surface area contributed by atoms with Gasteiger partial charge in [-0.2, -0.15) is 0 Å². The Morgan fingerprint density at radius 1 is 0.246 bits per heavy atom. The van der Waals surface area contributed by atoms with Gasteiger partial charge in [-0.15, -0.1) is 0 Å². The van der Waals surface area contributed by atoms with Crippen molar-refractivity contribution in [2.24, 2.45) is 0 Å². The summed E-state index contributed by atoms with van der Waals surface area (Å²) in [4.78, 5) is 2.47. The first-order chi connectivity index (χ1) is 28.3. The van der Waals surface area contributed by atoms with Crippen LogP contribution < -0.4 is 4.90 Å². The fourth-order valence-electron chi connectivity index (χ4n) is 8.49. The molecule has 0 spiro atoms. The number of hydrogen-bond donors (Lipinski definition) is 0. The Labute approximate surface area is 334 Å². The molecule has 0 bridgehead atoms. The molecule has 10 rings (SSSR count). The van der Waals surface area contributed by atoms with Gasteiger partial charge in [0.15, 0.2) is 0 Å². The van der Waals surface area contributed by atoms with Crippen LogP contribution in [0.5, 0.6) is 0 Å². The van der Waals surface area contributed by atoms with Crippen LogP contribution in [0.3, 0.4) is 0 Å². The second-order valence-corrected chi connectivity index (χ2v) is 14.4. The number of fused-ring (bicyclic) bond motifs is 2. The van der Waals surface area contributed by atoms with E-state index in [-0.39, 0.29) is 0 Å². The number of nitrogens with zero attached hydrogens (tertiary/aromatic N) is 1. The van der Waals surface area contributed by atoms with Crippen LogP contribution in [-0.2, 0) is 0 Å². The van der Waals surface area contributed by atoms with Crippen LogP contribution in [0.4, 0.5) is 17.1 Å². The zero-order chi connectivity index (χ0) is 38.0. The van der Waals surface area contributed by atoms with Gasteiger partial charge in [-0.05, 0) is 90.5 Å². The van der Waals surface area contributed by atoms with Crippen LogP contribution in [0, 0.1) is 0 Å². The monoisotopic (exact) mass is 725 g/mol. The number of anilines is 3. The van der Waals surface area contributed by atoms with Gasteiger partial charge < -0.3 is 4.90 Å². The maximum absolute atomic E-state index is 2.47. The van der Waals surface area contributed by atoms with Gasteiger partial charge in [0.25, 0.3) is 0 Å². The fraction of sp³-hybridized carbons (Fsp3) is 0. The molecule has 10 aromatic carbocycles. The quantitative estimate of drug-likeness (QED) is 0.151. The van der Waals surface area contributed by atoms with E-state index in [4.69, 9.17) is 0 Å². The van der Waals surface area contributed by atoms with E-state index in [1.165, 1.54) is 71.6 Å². The van der Waals surface area contributed by atoms with Crippen LogP contribution >= 0.6 is 0 Å². The Bertz CT molecular complexity index is 3010. The highest BCUT2D eigenvalue weighted by Crippen LogP contribution is 2.49. The zero-order valence-corrected chi connectivity index (χ0v) is 31.5. The van der Waals surface area contributed by atoms with Crippen molar-refractivity contribution in [3.05, 3.63) is 237 Å². The van der Waals surface area contributed by atoms with E-state index in [1.807, 2.05) is 0 Å². The molecule has 0 heterocycles. The average molecular weight is 726 g/mol. The normalized spacial score (nSPS) is 11.2. The van der Waals surface area contributed by atoms with Crippen LogP contribution in [0.15, 0.2) is 237 Å². The number of rotatable bonds is 8. The molecule has 268 valence electrons. The third-order valence-corrected chi connectivity index (χ3v) is 11.1. The lowest BCUT2D eigenvalue weighted by Crippen LogP contribution is -2.12. The SMILES string of the molecule is c1ccc(-c2ccccc2-c2c(-c3ccccc3)cccc2-c2ccccc2N(c2cccc(-c3cccc4ccccc34)c2)c2cccc3ccccc23)cc1. The van der Waals surface area contributed by atoms with E-state index < -0.39 is 0 Å². The molecule has 0 N–H and O–H groups in total. The highest BCUT2D eigenvalue weighted by atomic mass is 15.1. The van der Waals surface area contributed by atoms with Gasteiger partial charge in [0.1, 0.15) is 0 Å². The standard InChI is InChI=1S/C56H39N/c1-3-19-40(20-4-1)47-30-11-12-33-52(47)56-50(43-21-5-2-6-22-43)35-18-36-53(56)51-32-13-14-37-55(51)57(54-38-17-26-42-24-8-10-31-49(42)54)45-28-15-27-44(39-45)48-34-16-25-41-23-7-9-29-46(41)48/h1-39H. The summed E-state index contributed by atoms with van der Waals surface area (Å²) in [5, 5.41) is 4.87. The Balaban J connectivity index is 1.25. The van der Waals surface area contributed by atoms with Crippen molar-refractivity contribution in [2.45, 2.75) is 0 Å². The van der Waals surface area contributed by atoms with Crippen molar-refractivity contribution in [1.82, 2.24) is 0 Å². The van der Waals surface area contributed by atoms with Crippen molar-refractivity contribution in [3.8, 4) is 55.6 Å². The molecule has 1 nitrogen and oxygen atoms in total. The molecule has 0 saturated heterocycles. The molecule has 1 heteroatoms. The lowest BCUT2D eigenvalue weighted by atomic mass is 9.84. The van der Waals surface area contributed by atoms with Gasteiger partial charge in [0.2, 0.25) is 0 Å². The zero-order valence-electron chi connectivity index (χ0n) is 31.5. The van der Waals surface area contributed by atoms with Crippen LogP contribution in [0.25, 0.3) is 77.2 Å². The molecule has 0 atom stereocenters. The van der Waals surface area contributed by atoms with Gasteiger partial charge in [-0.1, -0.05) is 212 Å². The van der Waals surface area contributed by atoms with Crippen molar-refractivity contribution >= 4 is 38.6 Å². The highest BCUT2D eigenvalue weighted by molar-refractivity contribution is 6.06. The van der Waals surface area contributed by atoms with Crippen LogP contribution in [0.1, 0.15) is 0 Å². The van der Waals surface area contributed by atoms with Crippen molar-refractivity contribution in [3.63, 3.8) is 0 Å². The Morgan fingerprint density at radius 2 is 0.702 bits per heavy atom. The van der Waals surface area contributed by atoms with E-state index in [0.717, 1.165) is 22.6 Å². The molecule has 0 saturated carbocycles. The van der Waals surface area contributed by atoms with E-state index in [1.54, 1.807) is 0 Å². The summed E-state index contributed by atoms with van der Waals surface area (Å²) in [6.07, 6.45) is 0. The first kappa shape index (κ1) is 34.0. The average Bonchev–Trinajstić information content (AvgIpc) is 3.29. The molecule has 0 amide bonds. The summed E-state index contributed by atoms with van der Waals surface area (Å²) in [6.45, 7) is 0. The Hall–Kier alpha value is -7.48. The second-order valence-electron chi connectivity index (χ2n) is 14.4. The van der Waals surface area contributed by atoms with Gasteiger partial charge in [-0.3, -0.25) is 0 Å². The number of benzene rings is 10. The van der Waals surface area contributed by atoms with E-state index >= 15 is 0 Å². The summed E-state index contributed by atoms with van der Waals surface area (Å²) < 4.78 is 0. The lowest BCUT2D eigenvalue weighted by molar-refractivity contribution is 1.30. The molecule has 0 aliphatic carbocycles. The molecular weight excluding hydrogens is 687 g/mol. The Kier molecular flexibility index (Phi) is 8.95. The molecule has 0 unspecified atom stereocenters. The van der Waals surface area contributed by atoms with Gasteiger partial charge in [0.05, 0.1) is 11.4 Å². The smallest absolute Gasteiger partial charge is 0.0540 e. The van der Waals surface area contributed by atoms with Gasteiger partial charge in [0, 0.05) is 16.6 Å². The topological polar surface area (TPSA) is 3.24 Å². The Morgan fingerprint density at radius 3 is 1.47 bits per heavy atom. The van der Waals surface area contributed by atoms with E-state index in [2.05, 4.69) is 241 Å². The predicted molar refractivity (Wildman–Crippen MR) is 243 cm³/mol. The van der Waals surface area contributed by atoms with Gasteiger partial charge >= 0.3 is 0 Å². The maximum atomic E-state index is 2.47. The molecular formula is C56H39N. The lowest BCUT2D eigenvalue weighted by Gasteiger charge is -2.30. The van der Waals surface area contributed by atoms with Crippen molar-refractivity contribution in [1.29, 1.82) is 0 Å². The molecule has 0 aliphatic heterocycles. The maximum Gasteiger partial charge on any atom is 0.0540 e. The molecule has 10 aromatic rings. The summed E-state index contributed by atoms with van der Waals surface area (Å²) in [7, 11) is 0. The molecule has 0 radical (unpaired) electrons. The summed E-state index contributed by atoms with van der Waals surface area (Å²) in [5.74, 6) is 0. The van der Waals surface area contributed by atoms with Crippen LogP contribution in [0.2, 0.25) is 0 Å². The summed E-state index contributed by atoms with van der Waals surface area (Å²) >= 11 is 0. The van der Waals surface area contributed by atoms with Crippen molar-refractivity contribution in [2.75, 3.05) is 4.90 Å². The second kappa shape index (κ2) is 15.0. The number of para-hydroxylation sites is 1. The van der Waals surface area contributed by atoms with E-state index in [0.29, 0.717) is 0 Å². The fourth-order valence-corrected chi connectivity index (χ4v) is 8.49. The minimum absolute atomic E-state index is 1.09. The third kappa shape index (κ3) is 6.36. The first-order valence-electron chi connectivity index (χ1n) is 19.6.